The summed E-state index contributed by atoms with van der Waals surface area (Å²) in [4.78, 5) is 20.1. The predicted octanol–water partition coefficient (Wildman–Crippen LogP) is 4.65. The first-order valence-corrected chi connectivity index (χ1v) is 15.0. The fourth-order valence-electron chi connectivity index (χ4n) is 4.59. The monoisotopic (exact) mass is 582 g/mol. The molecule has 0 saturated heterocycles. The molecular weight excluding hydrogens is 544 g/mol. The van der Waals surface area contributed by atoms with E-state index in [1.807, 2.05) is 70.6 Å². The van der Waals surface area contributed by atoms with Crippen LogP contribution >= 0.6 is 0 Å². The van der Waals surface area contributed by atoms with Crippen LogP contribution in [0.2, 0.25) is 0 Å². The van der Waals surface area contributed by atoms with Crippen LogP contribution in [0, 0.1) is 6.92 Å². The van der Waals surface area contributed by atoms with Crippen molar-refractivity contribution in [1.29, 1.82) is 0 Å². The maximum Gasteiger partial charge on any atom is 0.255 e. The summed E-state index contributed by atoms with van der Waals surface area (Å²) >= 11 is 0. The molecule has 13 heteroatoms. The van der Waals surface area contributed by atoms with Gasteiger partial charge in [-0.1, -0.05) is 32.1 Å². The van der Waals surface area contributed by atoms with Crippen LogP contribution in [0.4, 0.5) is 23.0 Å². The molecule has 0 aliphatic carbocycles. The lowest BCUT2D eigenvalue weighted by molar-refractivity contribution is 0.102. The molecule has 1 atom stereocenters. The normalized spacial score (nSPS) is 15.2. The molecule has 0 spiro atoms. The second-order valence-electron chi connectivity index (χ2n) is 11.5. The van der Waals surface area contributed by atoms with E-state index in [1.54, 1.807) is 29.3 Å². The number of imidazole rings is 1. The average Bonchev–Trinajstić information content (AvgIpc) is 3.49. The van der Waals surface area contributed by atoms with E-state index in [-0.39, 0.29) is 28.8 Å². The summed E-state index contributed by atoms with van der Waals surface area (Å²) in [6, 6.07) is 8.64. The minimum absolute atomic E-state index is 0.216. The minimum Gasteiger partial charge on any atom is -0.492 e. The van der Waals surface area contributed by atoms with E-state index in [2.05, 4.69) is 20.4 Å². The Hall–Kier alpha value is -4.13. The fraction of sp³-hybridized carbons (Fsp3) is 0.429. The second kappa shape index (κ2) is 11.0. The van der Waals surface area contributed by atoms with Gasteiger partial charge in [0.05, 0.1) is 42.7 Å². The molecule has 2 heterocycles. The Balaban J connectivity index is 1.62. The molecule has 0 bridgehead atoms. The molecule has 0 fully saturated rings. The zero-order valence-electron chi connectivity index (χ0n) is 25.0. The van der Waals surface area contributed by atoms with E-state index >= 15 is 0 Å². The van der Waals surface area contributed by atoms with Crippen LogP contribution in [0.5, 0.6) is 5.75 Å². The number of methoxy groups -OCH3 is 1. The van der Waals surface area contributed by atoms with Gasteiger partial charge >= 0.3 is 0 Å². The molecule has 0 radical (unpaired) electrons. The number of benzene rings is 2. The number of hydrogen-bond donors (Lipinski definition) is 2. The van der Waals surface area contributed by atoms with Gasteiger partial charge < -0.3 is 19.5 Å². The molecular formula is C28H38N8O4S. The van der Waals surface area contributed by atoms with Gasteiger partial charge in [0.1, 0.15) is 6.04 Å². The highest BCUT2D eigenvalue weighted by Crippen LogP contribution is 2.39. The van der Waals surface area contributed by atoms with E-state index in [4.69, 9.17) is 9.72 Å². The number of hydrogen-bond acceptors (Lipinski definition) is 9. The molecule has 2 N–H and O–H groups in total. The van der Waals surface area contributed by atoms with Gasteiger partial charge in [0.15, 0.2) is 5.75 Å². The van der Waals surface area contributed by atoms with Crippen LogP contribution in [-0.2, 0) is 22.5 Å². The second-order valence-corrected chi connectivity index (χ2v) is 13.2. The maximum atomic E-state index is 13.5. The number of ether oxygens (including phenoxy) is 1. The zero-order valence-corrected chi connectivity index (χ0v) is 25.8. The van der Waals surface area contributed by atoms with Crippen LogP contribution in [0.25, 0.3) is 0 Å². The van der Waals surface area contributed by atoms with Crippen molar-refractivity contribution in [3.05, 3.63) is 58.9 Å². The summed E-state index contributed by atoms with van der Waals surface area (Å²) in [6.45, 7) is 8.44. The summed E-state index contributed by atoms with van der Waals surface area (Å²) in [5.74, 6) is 0.658. The van der Waals surface area contributed by atoms with Crippen LogP contribution in [0.15, 0.2) is 46.9 Å². The molecule has 1 unspecified atom stereocenters. The summed E-state index contributed by atoms with van der Waals surface area (Å²) in [6.07, 6.45) is 3.02. The molecule has 4 rings (SSSR count). The first-order valence-electron chi connectivity index (χ1n) is 13.1. The highest BCUT2D eigenvalue weighted by molar-refractivity contribution is 7.92. The zero-order chi connectivity index (χ0) is 30.3. The van der Waals surface area contributed by atoms with Gasteiger partial charge in [-0.15, -0.1) is 0 Å². The lowest BCUT2D eigenvalue weighted by Crippen LogP contribution is -2.20. The summed E-state index contributed by atoms with van der Waals surface area (Å²) < 4.78 is 34.1. The SMILES string of the molecule is COc1c(NC(=O)c2ccc(C)c(N3CC(c4cn(C)c(N(C)C)n4)N=N3)c2)cc(C(C)(C)C)cc1NS(C)(=O)=O. The first-order chi connectivity index (χ1) is 19.1. The van der Waals surface area contributed by atoms with Crippen LogP contribution in [0.3, 0.4) is 0 Å². The topological polar surface area (TPSA) is 134 Å². The van der Waals surface area contributed by atoms with Gasteiger partial charge in [-0.3, -0.25) is 9.52 Å². The van der Waals surface area contributed by atoms with Crippen LogP contribution in [0.1, 0.15) is 54.0 Å². The number of anilines is 4. The number of rotatable bonds is 8. The highest BCUT2D eigenvalue weighted by atomic mass is 32.2. The summed E-state index contributed by atoms with van der Waals surface area (Å²) in [7, 11) is 3.65. The van der Waals surface area contributed by atoms with Gasteiger partial charge in [-0.2, -0.15) is 5.11 Å². The summed E-state index contributed by atoms with van der Waals surface area (Å²) in [5, 5.41) is 13.5. The number of nitrogens with zero attached hydrogens (tertiary/aromatic N) is 6. The van der Waals surface area contributed by atoms with Gasteiger partial charge in [0.25, 0.3) is 5.91 Å². The lowest BCUT2D eigenvalue weighted by atomic mass is 9.86. The van der Waals surface area contributed by atoms with E-state index in [9.17, 15) is 13.2 Å². The largest absolute Gasteiger partial charge is 0.492 e. The smallest absolute Gasteiger partial charge is 0.255 e. The molecule has 1 aromatic heterocycles. The number of sulfonamides is 1. The van der Waals surface area contributed by atoms with Gasteiger partial charge in [0.2, 0.25) is 16.0 Å². The van der Waals surface area contributed by atoms with Crippen molar-refractivity contribution in [2.24, 2.45) is 17.4 Å². The van der Waals surface area contributed by atoms with E-state index in [1.165, 1.54) is 7.11 Å². The molecule has 3 aromatic rings. The average molecular weight is 583 g/mol. The Kier molecular flexibility index (Phi) is 8.03. The molecule has 12 nitrogen and oxygen atoms in total. The molecule has 2 aromatic carbocycles. The van der Waals surface area contributed by atoms with Crippen LogP contribution in [-0.4, -0.2) is 57.9 Å². The van der Waals surface area contributed by atoms with Crippen molar-refractivity contribution in [3.8, 4) is 5.75 Å². The first kappa shape index (κ1) is 29.8. The Morgan fingerprint density at radius 2 is 1.83 bits per heavy atom. The van der Waals surface area contributed by atoms with Crippen molar-refractivity contribution < 1.29 is 17.9 Å². The fourth-order valence-corrected chi connectivity index (χ4v) is 5.14. The maximum absolute atomic E-state index is 13.5. The Morgan fingerprint density at radius 1 is 1.15 bits per heavy atom. The van der Waals surface area contributed by atoms with E-state index in [0.29, 0.717) is 17.8 Å². The molecule has 1 amide bonds. The van der Waals surface area contributed by atoms with Crippen molar-refractivity contribution in [1.82, 2.24) is 9.55 Å². The molecule has 1 aliphatic rings. The Labute approximate surface area is 241 Å². The lowest BCUT2D eigenvalue weighted by Gasteiger charge is -2.24. The minimum atomic E-state index is -3.60. The van der Waals surface area contributed by atoms with Gasteiger partial charge in [-0.05, 0) is 47.7 Å². The number of amides is 1. The molecule has 41 heavy (non-hydrogen) atoms. The number of carbonyl (C=O) groups is 1. The van der Waals surface area contributed by atoms with Gasteiger partial charge in [0, 0.05) is 32.9 Å². The van der Waals surface area contributed by atoms with Crippen molar-refractivity contribution in [3.63, 3.8) is 0 Å². The number of nitrogens with one attached hydrogen (secondary N) is 2. The summed E-state index contributed by atoms with van der Waals surface area (Å²) in [5.41, 5.74) is 4.00. The highest BCUT2D eigenvalue weighted by Gasteiger charge is 2.27. The molecule has 0 saturated carbocycles. The van der Waals surface area contributed by atoms with Crippen molar-refractivity contribution in [2.75, 3.05) is 54.0 Å². The van der Waals surface area contributed by atoms with Crippen molar-refractivity contribution in [2.45, 2.75) is 39.2 Å². The number of aryl methyl sites for hydroxylation is 2. The Bertz CT molecular complexity index is 1610. The third-order valence-corrected chi connectivity index (χ3v) is 7.30. The molecule has 220 valence electrons. The third kappa shape index (κ3) is 6.62. The Morgan fingerprint density at radius 3 is 2.41 bits per heavy atom. The number of aromatic nitrogens is 2. The van der Waals surface area contributed by atoms with Gasteiger partial charge in [-0.25, -0.2) is 18.4 Å². The quantitative estimate of drug-likeness (QED) is 0.395. The molecule has 1 aliphatic heterocycles. The van der Waals surface area contributed by atoms with E-state index < -0.39 is 10.0 Å². The third-order valence-electron chi connectivity index (χ3n) is 6.71. The predicted molar refractivity (Wildman–Crippen MR) is 162 cm³/mol. The number of carbonyl (C=O) groups excluding carboxylic acids is 1. The van der Waals surface area contributed by atoms with Crippen molar-refractivity contribution >= 4 is 38.9 Å². The van der Waals surface area contributed by atoms with Crippen LogP contribution < -0.4 is 24.7 Å². The standard InChI is InChI=1S/C28H38N8O4S/c1-17-10-11-18(12-24(17)36-16-23(31-33-36)22-15-35(7)27(30-22)34(5)6)26(37)29-20-13-19(28(2,3)4)14-21(25(20)40-8)32-41(9,38)39/h10-15,23,32H,16H2,1-9H3,(H,29,37). The van der Waals surface area contributed by atoms with E-state index in [0.717, 1.165) is 34.7 Å².